The number of carbonyl (C=O) groups excluding carboxylic acids is 3. The fraction of sp³-hybridized carbons (Fsp3) is 0.769. The van der Waals surface area contributed by atoms with Gasteiger partial charge in [-0.15, -0.1) is 0 Å². The highest BCUT2D eigenvalue weighted by Gasteiger charge is 2.31. The van der Waals surface area contributed by atoms with Crippen molar-refractivity contribution < 1.29 is 28.2 Å². The molecule has 1 unspecified atom stereocenters. The lowest BCUT2D eigenvalue weighted by Crippen LogP contribution is -2.35. The first-order valence-corrected chi connectivity index (χ1v) is 10.8. The molecule has 11 heteroatoms. The predicted molar refractivity (Wildman–Crippen MR) is 90.6 cm³/mol. The minimum atomic E-state index is -3.34. The van der Waals surface area contributed by atoms with Gasteiger partial charge in [0.25, 0.3) is 0 Å². The molecular formula is C13H24N3O6PS. The van der Waals surface area contributed by atoms with E-state index in [1.807, 2.05) is 0 Å². The Morgan fingerprint density at radius 3 is 2.58 bits per heavy atom. The van der Waals surface area contributed by atoms with Gasteiger partial charge in [-0.3, -0.25) is 19.5 Å². The van der Waals surface area contributed by atoms with Crippen LogP contribution in [0.4, 0.5) is 4.79 Å². The van der Waals surface area contributed by atoms with Crippen LogP contribution in [0, 0.1) is 0 Å². The molecule has 1 rings (SSSR count). The minimum absolute atomic E-state index is 0.0110. The standard InChI is InChI=1S/C13H24N3O6PS/c1-5-21-23(20,15-10(4)12(18)22-9(2)3)24-7-6-16-8-11(17)14-13(16)19/h9-10H,5-8H2,1-4H3,(H,15,20)(H,14,17,19)/t10-,23?/m0/s1. The number of nitrogens with zero attached hydrogens (tertiary/aromatic N) is 1. The molecule has 0 aromatic carbocycles. The second kappa shape index (κ2) is 9.41. The predicted octanol–water partition coefficient (Wildman–Crippen LogP) is 1.35. The monoisotopic (exact) mass is 381 g/mol. The Balaban J connectivity index is 2.54. The molecule has 138 valence electrons. The summed E-state index contributed by atoms with van der Waals surface area (Å²) in [5.74, 6) is -0.590. The Kier molecular flexibility index (Phi) is 8.21. The SMILES string of the molecule is CCOP(=O)(N[C@@H](C)C(=O)OC(C)C)SCCN1CC(=O)NC1=O. The second-order valence-corrected chi connectivity index (χ2v) is 9.75. The van der Waals surface area contributed by atoms with Gasteiger partial charge in [0, 0.05) is 12.3 Å². The van der Waals surface area contributed by atoms with Crippen LogP contribution in [-0.4, -0.2) is 60.4 Å². The topological polar surface area (TPSA) is 114 Å². The summed E-state index contributed by atoms with van der Waals surface area (Å²) in [6, 6.07) is -1.26. The Morgan fingerprint density at radius 2 is 2.08 bits per heavy atom. The Hall–Kier alpha value is -1.09. The highest BCUT2D eigenvalue weighted by molar-refractivity contribution is 8.56. The molecule has 0 aromatic heterocycles. The molecule has 0 radical (unpaired) electrons. The quantitative estimate of drug-likeness (QED) is 0.331. The Labute approximate surface area is 145 Å². The van der Waals surface area contributed by atoms with E-state index in [0.717, 1.165) is 11.4 Å². The number of rotatable bonds is 10. The minimum Gasteiger partial charge on any atom is -0.462 e. The molecule has 1 aliphatic heterocycles. The number of ether oxygens (including phenoxy) is 1. The van der Waals surface area contributed by atoms with Gasteiger partial charge in [0.1, 0.15) is 12.6 Å². The van der Waals surface area contributed by atoms with Gasteiger partial charge in [-0.2, -0.15) is 0 Å². The highest BCUT2D eigenvalue weighted by atomic mass is 32.7. The Bertz CT molecular complexity index is 530. The average Bonchev–Trinajstić information content (AvgIpc) is 2.76. The first-order valence-electron chi connectivity index (χ1n) is 7.63. The largest absolute Gasteiger partial charge is 0.462 e. The summed E-state index contributed by atoms with van der Waals surface area (Å²) in [7, 11) is 0. The van der Waals surface area contributed by atoms with Crippen molar-refractivity contribution in [2.75, 3.05) is 25.4 Å². The van der Waals surface area contributed by atoms with Crippen molar-refractivity contribution in [1.29, 1.82) is 0 Å². The maximum atomic E-state index is 12.8. The van der Waals surface area contributed by atoms with Crippen LogP contribution < -0.4 is 10.4 Å². The fourth-order valence-electron chi connectivity index (χ4n) is 1.84. The van der Waals surface area contributed by atoms with Crippen LogP contribution in [0.5, 0.6) is 0 Å². The van der Waals surface area contributed by atoms with Crippen molar-refractivity contribution in [3.8, 4) is 0 Å². The lowest BCUT2D eigenvalue weighted by atomic mass is 10.4. The molecule has 0 aromatic rings. The zero-order valence-corrected chi connectivity index (χ0v) is 15.9. The fourth-order valence-corrected chi connectivity index (χ4v) is 5.73. The van der Waals surface area contributed by atoms with Crippen molar-refractivity contribution in [2.24, 2.45) is 0 Å². The van der Waals surface area contributed by atoms with E-state index in [0.29, 0.717) is 0 Å². The molecule has 9 nitrogen and oxygen atoms in total. The Morgan fingerprint density at radius 1 is 1.42 bits per heavy atom. The molecule has 1 aliphatic rings. The van der Waals surface area contributed by atoms with Crippen LogP contribution in [0.1, 0.15) is 27.7 Å². The zero-order chi connectivity index (χ0) is 18.3. The third kappa shape index (κ3) is 6.80. The van der Waals surface area contributed by atoms with E-state index >= 15 is 0 Å². The van der Waals surface area contributed by atoms with Crippen LogP contribution in [0.15, 0.2) is 0 Å². The lowest BCUT2D eigenvalue weighted by molar-refractivity contribution is -0.149. The van der Waals surface area contributed by atoms with Crippen LogP contribution in [0.2, 0.25) is 0 Å². The third-order valence-electron chi connectivity index (χ3n) is 2.85. The van der Waals surface area contributed by atoms with E-state index in [4.69, 9.17) is 9.26 Å². The maximum Gasteiger partial charge on any atom is 0.327 e. The molecule has 0 aliphatic carbocycles. The van der Waals surface area contributed by atoms with Crippen molar-refractivity contribution in [1.82, 2.24) is 15.3 Å². The molecule has 3 amide bonds. The highest BCUT2D eigenvalue weighted by Crippen LogP contribution is 2.56. The normalized spacial score (nSPS) is 18.5. The molecule has 1 heterocycles. The van der Waals surface area contributed by atoms with Gasteiger partial charge in [0.15, 0.2) is 0 Å². The summed E-state index contributed by atoms with van der Waals surface area (Å²) in [5.41, 5.74) is 0. The number of esters is 1. The van der Waals surface area contributed by atoms with Crippen molar-refractivity contribution in [3.05, 3.63) is 0 Å². The van der Waals surface area contributed by atoms with Gasteiger partial charge in [-0.05, 0) is 27.7 Å². The molecular weight excluding hydrogens is 357 g/mol. The maximum absolute atomic E-state index is 12.8. The van der Waals surface area contributed by atoms with E-state index in [1.165, 1.54) is 4.90 Å². The summed E-state index contributed by atoms with van der Waals surface area (Å²) in [6.07, 6.45) is -0.271. The molecule has 1 saturated heterocycles. The van der Waals surface area contributed by atoms with Gasteiger partial charge >= 0.3 is 18.7 Å². The van der Waals surface area contributed by atoms with E-state index in [9.17, 15) is 18.9 Å². The summed E-state index contributed by atoms with van der Waals surface area (Å²) < 4.78 is 23.1. The average molecular weight is 381 g/mol. The van der Waals surface area contributed by atoms with Crippen molar-refractivity contribution in [3.63, 3.8) is 0 Å². The summed E-state index contributed by atoms with van der Waals surface area (Å²) in [5, 5.41) is 4.85. The van der Waals surface area contributed by atoms with Crippen LogP contribution >= 0.6 is 18.1 Å². The van der Waals surface area contributed by atoms with Gasteiger partial charge in [-0.25, -0.2) is 9.88 Å². The molecule has 2 N–H and O–H groups in total. The summed E-state index contributed by atoms with van der Waals surface area (Å²) >= 11 is 0.985. The van der Waals surface area contributed by atoms with Gasteiger partial charge in [-0.1, -0.05) is 11.4 Å². The first-order chi connectivity index (χ1) is 11.2. The molecule has 1 fully saturated rings. The van der Waals surface area contributed by atoms with E-state index in [1.54, 1.807) is 27.7 Å². The van der Waals surface area contributed by atoms with Gasteiger partial charge in [0.2, 0.25) is 5.91 Å². The van der Waals surface area contributed by atoms with E-state index < -0.39 is 24.8 Å². The van der Waals surface area contributed by atoms with Crippen LogP contribution in [0.25, 0.3) is 0 Å². The van der Waals surface area contributed by atoms with E-state index in [-0.39, 0.29) is 37.5 Å². The van der Waals surface area contributed by atoms with Crippen LogP contribution in [-0.2, 0) is 23.4 Å². The van der Waals surface area contributed by atoms with E-state index in [2.05, 4.69) is 10.4 Å². The summed E-state index contributed by atoms with van der Waals surface area (Å²) in [4.78, 5) is 35.7. The zero-order valence-electron chi connectivity index (χ0n) is 14.2. The van der Waals surface area contributed by atoms with Gasteiger partial charge < -0.3 is 14.2 Å². The number of nitrogens with one attached hydrogen (secondary N) is 2. The van der Waals surface area contributed by atoms with Gasteiger partial charge in [0.05, 0.1) is 12.7 Å². The summed E-state index contributed by atoms with van der Waals surface area (Å²) in [6.45, 7) is 3.78. The molecule has 0 spiro atoms. The number of urea groups is 1. The number of amides is 3. The smallest absolute Gasteiger partial charge is 0.327 e. The third-order valence-corrected chi connectivity index (χ3v) is 7.05. The van der Waals surface area contributed by atoms with Crippen molar-refractivity contribution in [2.45, 2.75) is 39.8 Å². The molecule has 2 atom stereocenters. The van der Waals surface area contributed by atoms with Crippen molar-refractivity contribution >= 4 is 36.0 Å². The second-order valence-electron chi connectivity index (χ2n) is 5.36. The number of hydrogen-bond donors (Lipinski definition) is 2. The number of hydrogen-bond acceptors (Lipinski definition) is 7. The molecule has 24 heavy (non-hydrogen) atoms. The molecule has 0 saturated carbocycles. The lowest BCUT2D eigenvalue weighted by Gasteiger charge is -2.23. The number of imide groups is 1. The first kappa shape index (κ1) is 21.0. The molecule has 0 bridgehead atoms. The van der Waals surface area contributed by atoms with Crippen LogP contribution in [0.3, 0.4) is 0 Å². The number of carbonyl (C=O) groups is 3.